The second-order valence-electron chi connectivity index (χ2n) is 5.89. The summed E-state index contributed by atoms with van der Waals surface area (Å²) in [4.78, 5) is 28.8. The van der Waals surface area contributed by atoms with Crippen molar-refractivity contribution in [2.75, 3.05) is 0 Å². The maximum Gasteiger partial charge on any atom is 0.261 e. The summed E-state index contributed by atoms with van der Waals surface area (Å²) in [5.41, 5.74) is 1.17. The number of nitrogens with zero attached hydrogens (tertiary/aromatic N) is 5. The van der Waals surface area contributed by atoms with E-state index in [9.17, 15) is 9.59 Å². The number of hydrogen-bond donors (Lipinski definition) is 1. The van der Waals surface area contributed by atoms with Gasteiger partial charge in [0.1, 0.15) is 10.7 Å². The van der Waals surface area contributed by atoms with Crippen molar-refractivity contribution in [3.8, 4) is 5.00 Å². The summed E-state index contributed by atoms with van der Waals surface area (Å²) in [6.45, 7) is 0.555. The number of para-hydroxylation sites is 1. The number of benzene rings is 1. The third kappa shape index (κ3) is 3.77. The van der Waals surface area contributed by atoms with Crippen LogP contribution in [0.5, 0.6) is 0 Å². The highest BCUT2D eigenvalue weighted by Gasteiger charge is 2.08. The number of amides is 1. The molecule has 4 aromatic rings. The molecule has 0 atom stereocenters. The van der Waals surface area contributed by atoms with Crippen LogP contribution >= 0.6 is 11.3 Å². The number of aromatic nitrogens is 5. The molecular weight excluding hydrogens is 364 g/mol. The van der Waals surface area contributed by atoms with Crippen LogP contribution in [0.15, 0.2) is 59.1 Å². The van der Waals surface area contributed by atoms with Crippen LogP contribution in [0, 0.1) is 0 Å². The maximum atomic E-state index is 12.4. The van der Waals surface area contributed by atoms with Gasteiger partial charge in [0.05, 0.1) is 30.0 Å². The summed E-state index contributed by atoms with van der Waals surface area (Å²) in [5.74, 6) is -0.166. The monoisotopic (exact) mass is 380 g/mol. The van der Waals surface area contributed by atoms with Crippen LogP contribution in [0.25, 0.3) is 15.9 Å². The highest BCUT2D eigenvalue weighted by molar-refractivity contribution is 7.12. The van der Waals surface area contributed by atoms with E-state index in [1.54, 1.807) is 40.4 Å². The minimum Gasteiger partial charge on any atom is -0.350 e. The molecular formula is C18H16N6O2S. The van der Waals surface area contributed by atoms with Gasteiger partial charge in [0.25, 0.3) is 5.56 Å². The van der Waals surface area contributed by atoms with Crippen LogP contribution in [-0.2, 0) is 17.9 Å². The van der Waals surface area contributed by atoms with E-state index in [1.165, 1.54) is 10.9 Å². The van der Waals surface area contributed by atoms with E-state index in [0.29, 0.717) is 16.6 Å². The van der Waals surface area contributed by atoms with E-state index < -0.39 is 0 Å². The zero-order valence-corrected chi connectivity index (χ0v) is 15.1. The Morgan fingerprint density at radius 3 is 2.93 bits per heavy atom. The molecule has 1 amide bonds. The molecule has 1 aromatic carbocycles. The quantitative estimate of drug-likeness (QED) is 0.550. The van der Waals surface area contributed by atoms with Crippen LogP contribution in [0.3, 0.4) is 0 Å². The molecule has 4 rings (SSSR count). The van der Waals surface area contributed by atoms with Gasteiger partial charge in [0.2, 0.25) is 5.91 Å². The lowest BCUT2D eigenvalue weighted by Gasteiger charge is -2.07. The molecule has 0 saturated carbocycles. The van der Waals surface area contributed by atoms with Gasteiger partial charge in [-0.25, -0.2) is 9.67 Å². The van der Waals surface area contributed by atoms with Gasteiger partial charge in [-0.15, -0.1) is 16.4 Å². The molecule has 136 valence electrons. The molecule has 0 unspecified atom stereocenters. The second kappa shape index (κ2) is 7.50. The SMILES string of the molecule is O=C(CCn1cnc2ccccc2c1=O)NCc1cn(-c2cccs2)nn1. The standard InChI is InChI=1S/C18H16N6O2S/c25-16(19-10-13-11-24(22-21-13)17-6-3-9-27-17)7-8-23-12-20-15-5-2-1-4-14(15)18(23)26/h1-6,9,11-12H,7-8,10H2,(H,19,25). The Morgan fingerprint density at radius 1 is 1.19 bits per heavy atom. The fourth-order valence-electron chi connectivity index (χ4n) is 2.65. The molecule has 27 heavy (non-hydrogen) atoms. The normalized spacial score (nSPS) is 11.0. The molecule has 0 aliphatic carbocycles. The molecule has 1 N–H and O–H groups in total. The Bertz CT molecular complexity index is 1130. The molecule has 9 heteroatoms. The van der Waals surface area contributed by atoms with E-state index in [-0.39, 0.29) is 31.0 Å². The fraction of sp³-hybridized carbons (Fsp3) is 0.167. The Hall–Kier alpha value is -3.33. The van der Waals surface area contributed by atoms with Crippen molar-refractivity contribution in [1.82, 2.24) is 29.9 Å². The minimum atomic E-state index is -0.166. The van der Waals surface area contributed by atoms with Gasteiger partial charge in [-0.05, 0) is 29.6 Å². The molecule has 0 fully saturated rings. The van der Waals surface area contributed by atoms with Gasteiger partial charge in [-0.3, -0.25) is 14.2 Å². The second-order valence-corrected chi connectivity index (χ2v) is 6.82. The number of nitrogens with one attached hydrogen (secondary N) is 1. The summed E-state index contributed by atoms with van der Waals surface area (Å²) in [7, 11) is 0. The number of aryl methyl sites for hydroxylation is 1. The van der Waals surface area contributed by atoms with E-state index in [4.69, 9.17) is 0 Å². The topological polar surface area (TPSA) is 94.7 Å². The van der Waals surface area contributed by atoms with E-state index in [2.05, 4.69) is 20.6 Å². The Labute approximate surface area is 158 Å². The molecule has 3 aromatic heterocycles. The third-order valence-corrected chi connectivity index (χ3v) is 4.91. The predicted molar refractivity (Wildman–Crippen MR) is 102 cm³/mol. The molecule has 0 aliphatic heterocycles. The number of fused-ring (bicyclic) bond motifs is 1. The average Bonchev–Trinajstić information content (AvgIpc) is 3.37. The molecule has 8 nitrogen and oxygen atoms in total. The van der Waals surface area contributed by atoms with Crippen molar-refractivity contribution in [2.45, 2.75) is 19.5 Å². The van der Waals surface area contributed by atoms with Gasteiger partial charge >= 0.3 is 0 Å². The molecule has 0 spiro atoms. The van der Waals surface area contributed by atoms with Gasteiger partial charge in [-0.1, -0.05) is 17.3 Å². The lowest BCUT2D eigenvalue weighted by atomic mass is 10.2. The highest BCUT2D eigenvalue weighted by Crippen LogP contribution is 2.13. The number of carbonyl (C=O) groups is 1. The number of thiophene rings is 1. The zero-order valence-electron chi connectivity index (χ0n) is 14.3. The molecule has 0 bridgehead atoms. The number of carbonyl (C=O) groups excluding carboxylic acids is 1. The Morgan fingerprint density at radius 2 is 2.07 bits per heavy atom. The van der Waals surface area contributed by atoms with E-state index >= 15 is 0 Å². The van der Waals surface area contributed by atoms with Crippen LogP contribution in [0.1, 0.15) is 12.1 Å². The Kier molecular flexibility index (Phi) is 4.75. The van der Waals surface area contributed by atoms with Crippen LogP contribution in [-0.4, -0.2) is 30.5 Å². The van der Waals surface area contributed by atoms with Gasteiger partial charge < -0.3 is 5.32 Å². The molecule has 0 aliphatic rings. The number of hydrogen-bond acceptors (Lipinski definition) is 6. The highest BCUT2D eigenvalue weighted by atomic mass is 32.1. The van der Waals surface area contributed by atoms with Crippen molar-refractivity contribution >= 4 is 28.1 Å². The predicted octanol–water partition coefficient (Wildman–Crippen LogP) is 1.75. The largest absolute Gasteiger partial charge is 0.350 e. The van der Waals surface area contributed by atoms with Crippen molar-refractivity contribution in [3.63, 3.8) is 0 Å². The van der Waals surface area contributed by atoms with Crippen LogP contribution in [0.4, 0.5) is 0 Å². The Balaban J connectivity index is 1.34. The van der Waals surface area contributed by atoms with Gasteiger partial charge in [-0.2, -0.15) is 0 Å². The third-order valence-electron chi connectivity index (χ3n) is 4.05. The first-order valence-electron chi connectivity index (χ1n) is 8.37. The van der Waals surface area contributed by atoms with E-state index in [0.717, 1.165) is 5.00 Å². The summed E-state index contributed by atoms with van der Waals surface area (Å²) < 4.78 is 3.13. The van der Waals surface area contributed by atoms with Crippen LogP contribution in [0.2, 0.25) is 0 Å². The lowest BCUT2D eigenvalue weighted by molar-refractivity contribution is -0.121. The molecule has 3 heterocycles. The summed E-state index contributed by atoms with van der Waals surface area (Å²) in [5, 5.41) is 14.4. The first kappa shape index (κ1) is 17.1. The smallest absolute Gasteiger partial charge is 0.261 e. The van der Waals surface area contributed by atoms with Crippen LogP contribution < -0.4 is 10.9 Å². The fourth-order valence-corrected chi connectivity index (χ4v) is 3.30. The van der Waals surface area contributed by atoms with Crippen molar-refractivity contribution in [1.29, 1.82) is 0 Å². The number of rotatable bonds is 6. The lowest BCUT2D eigenvalue weighted by Crippen LogP contribution is -2.27. The summed E-state index contributed by atoms with van der Waals surface area (Å²) in [6, 6.07) is 11.0. The first-order chi connectivity index (χ1) is 13.2. The van der Waals surface area contributed by atoms with Gasteiger partial charge in [0.15, 0.2) is 0 Å². The van der Waals surface area contributed by atoms with Crippen molar-refractivity contribution < 1.29 is 4.79 Å². The van der Waals surface area contributed by atoms with Crippen molar-refractivity contribution in [2.24, 2.45) is 0 Å². The average molecular weight is 380 g/mol. The maximum absolute atomic E-state index is 12.4. The van der Waals surface area contributed by atoms with Crippen molar-refractivity contribution in [3.05, 3.63) is 70.4 Å². The van der Waals surface area contributed by atoms with Gasteiger partial charge in [0, 0.05) is 13.0 Å². The summed E-state index contributed by atoms with van der Waals surface area (Å²) >= 11 is 1.56. The van der Waals surface area contributed by atoms with E-state index in [1.807, 2.05) is 23.6 Å². The summed E-state index contributed by atoms with van der Waals surface area (Å²) in [6.07, 6.45) is 3.44. The molecule has 0 radical (unpaired) electrons. The first-order valence-corrected chi connectivity index (χ1v) is 9.25. The molecule has 0 saturated heterocycles. The minimum absolute atomic E-state index is 0.146. The zero-order chi connectivity index (χ0) is 18.6.